The van der Waals surface area contributed by atoms with Gasteiger partial charge in [0.15, 0.2) is 0 Å². The summed E-state index contributed by atoms with van der Waals surface area (Å²) in [4.78, 5) is 13.6. The predicted octanol–water partition coefficient (Wildman–Crippen LogP) is 4.36. The number of fused-ring (bicyclic) bond motifs is 1. The van der Waals surface area contributed by atoms with Crippen LogP contribution in [0.25, 0.3) is 0 Å². The molecule has 1 N–H and O–H groups in total. The largest absolute Gasteiger partial charge is 0.324 e. The molecule has 26 heavy (non-hydrogen) atoms. The van der Waals surface area contributed by atoms with Gasteiger partial charge in [0.25, 0.3) is 0 Å². The molecule has 6 heteroatoms. The highest BCUT2D eigenvalue weighted by Crippen LogP contribution is 2.46. The van der Waals surface area contributed by atoms with Gasteiger partial charge in [0.1, 0.15) is 4.90 Å². The summed E-state index contributed by atoms with van der Waals surface area (Å²) in [5.74, 6) is -0.279. The molecule has 0 aliphatic carbocycles. The van der Waals surface area contributed by atoms with Crippen LogP contribution in [0.4, 0.5) is 5.69 Å². The number of sulfone groups is 1. The van der Waals surface area contributed by atoms with E-state index < -0.39 is 9.84 Å². The summed E-state index contributed by atoms with van der Waals surface area (Å²) in [6.07, 6.45) is 0.323. The van der Waals surface area contributed by atoms with Gasteiger partial charge in [-0.05, 0) is 30.2 Å². The number of hydrogen-bond acceptors (Lipinski definition) is 4. The molecule has 0 bridgehead atoms. The Hall–Kier alpha value is -2.44. The van der Waals surface area contributed by atoms with Gasteiger partial charge >= 0.3 is 0 Å². The van der Waals surface area contributed by atoms with Crippen molar-refractivity contribution in [3.05, 3.63) is 76.0 Å². The van der Waals surface area contributed by atoms with Gasteiger partial charge in [-0.25, -0.2) is 8.42 Å². The lowest BCUT2D eigenvalue weighted by Crippen LogP contribution is -2.23. The van der Waals surface area contributed by atoms with Gasteiger partial charge in [-0.15, -0.1) is 11.3 Å². The summed E-state index contributed by atoms with van der Waals surface area (Å²) in [6.45, 7) is 2.01. The van der Waals surface area contributed by atoms with E-state index in [9.17, 15) is 13.2 Å². The van der Waals surface area contributed by atoms with Crippen LogP contribution in [0.1, 0.15) is 28.3 Å². The maximum Gasteiger partial charge on any atom is 0.225 e. The molecule has 1 atom stereocenters. The molecule has 2 aromatic carbocycles. The maximum atomic E-state index is 13.0. The minimum Gasteiger partial charge on any atom is -0.324 e. The third kappa shape index (κ3) is 2.75. The summed E-state index contributed by atoms with van der Waals surface area (Å²) in [7, 11) is -3.68. The van der Waals surface area contributed by atoms with Crippen LogP contribution in [0, 0.1) is 6.92 Å². The Balaban J connectivity index is 1.86. The molecule has 0 fully saturated rings. The smallest absolute Gasteiger partial charge is 0.225 e. The lowest BCUT2D eigenvalue weighted by Gasteiger charge is -2.25. The second-order valence-corrected chi connectivity index (χ2v) is 9.15. The third-order valence-corrected chi connectivity index (χ3v) is 7.70. The molecule has 4 nitrogen and oxygen atoms in total. The zero-order valence-electron chi connectivity index (χ0n) is 14.1. The van der Waals surface area contributed by atoms with Gasteiger partial charge in [-0.1, -0.05) is 42.5 Å². The normalized spacial score (nSPS) is 16.8. The molecule has 3 aromatic rings. The molecule has 1 aliphatic rings. The van der Waals surface area contributed by atoms with E-state index in [1.165, 1.54) is 11.3 Å². The summed E-state index contributed by atoms with van der Waals surface area (Å²) in [5, 5.41) is 4.44. The number of carbonyl (C=O) groups is 1. The minimum absolute atomic E-state index is 0.121. The van der Waals surface area contributed by atoms with Crippen LogP contribution in [0.15, 0.2) is 69.8 Å². The fourth-order valence-corrected chi connectivity index (χ4v) is 6.28. The van der Waals surface area contributed by atoms with Gasteiger partial charge in [-0.2, -0.15) is 0 Å². The van der Waals surface area contributed by atoms with Crippen LogP contribution in [0.3, 0.4) is 0 Å². The van der Waals surface area contributed by atoms with Crippen LogP contribution in [-0.4, -0.2) is 14.3 Å². The van der Waals surface area contributed by atoms with Crippen molar-refractivity contribution in [3.63, 3.8) is 0 Å². The van der Waals surface area contributed by atoms with E-state index >= 15 is 0 Å². The van der Waals surface area contributed by atoms with Crippen molar-refractivity contribution < 1.29 is 13.2 Å². The van der Waals surface area contributed by atoms with E-state index in [2.05, 4.69) is 5.32 Å². The highest BCUT2D eigenvalue weighted by molar-refractivity contribution is 7.91. The molecule has 0 unspecified atom stereocenters. The Morgan fingerprint density at radius 2 is 1.73 bits per heavy atom. The SMILES string of the molecule is Cc1ccccc1[C@@H]1CC(=O)Nc2c(S(=O)(=O)c3ccccc3)csc21. The molecule has 1 aromatic heterocycles. The Kier molecular flexibility index (Phi) is 4.17. The number of benzene rings is 2. The van der Waals surface area contributed by atoms with Crippen molar-refractivity contribution in [1.82, 2.24) is 0 Å². The van der Waals surface area contributed by atoms with Crippen molar-refractivity contribution in [1.29, 1.82) is 0 Å². The summed E-state index contributed by atoms with van der Waals surface area (Å²) in [6, 6.07) is 16.2. The van der Waals surface area contributed by atoms with Crippen molar-refractivity contribution in [2.75, 3.05) is 5.32 Å². The third-order valence-electron chi connectivity index (χ3n) is 4.66. The van der Waals surface area contributed by atoms with Gasteiger partial charge in [0.2, 0.25) is 15.7 Å². The molecule has 0 saturated carbocycles. The highest BCUT2D eigenvalue weighted by atomic mass is 32.2. The second-order valence-electron chi connectivity index (χ2n) is 6.32. The molecule has 132 valence electrons. The number of anilines is 1. The summed E-state index contributed by atoms with van der Waals surface area (Å²) < 4.78 is 26.1. The number of amides is 1. The topological polar surface area (TPSA) is 63.2 Å². The van der Waals surface area contributed by atoms with E-state index in [4.69, 9.17) is 0 Å². The Labute approximate surface area is 156 Å². The van der Waals surface area contributed by atoms with Crippen molar-refractivity contribution in [3.8, 4) is 0 Å². The van der Waals surface area contributed by atoms with Crippen LogP contribution in [-0.2, 0) is 14.6 Å². The molecule has 0 spiro atoms. The maximum absolute atomic E-state index is 13.0. The fourth-order valence-electron chi connectivity index (χ4n) is 3.36. The molecule has 2 heterocycles. The Bertz CT molecular complexity index is 1090. The molecule has 0 radical (unpaired) electrons. The Morgan fingerprint density at radius 1 is 1.04 bits per heavy atom. The molecular formula is C20H17NO3S2. The van der Waals surface area contributed by atoms with Crippen molar-refractivity contribution >= 4 is 32.8 Å². The second kappa shape index (κ2) is 6.37. The van der Waals surface area contributed by atoms with E-state index in [-0.39, 0.29) is 21.6 Å². The highest BCUT2D eigenvalue weighted by Gasteiger charge is 2.34. The fraction of sp³-hybridized carbons (Fsp3) is 0.150. The lowest BCUT2D eigenvalue weighted by atomic mass is 9.88. The molecular weight excluding hydrogens is 366 g/mol. The van der Waals surface area contributed by atoms with Gasteiger partial charge in [0, 0.05) is 22.6 Å². The quantitative estimate of drug-likeness (QED) is 0.731. The van der Waals surface area contributed by atoms with E-state index in [0.717, 1.165) is 16.0 Å². The summed E-state index contributed by atoms with van der Waals surface area (Å²) in [5.41, 5.74) is 2.59. The average molecular weight is 383 g/mol. The molecule has 1 aliphatic heterocycles. The first-order chi connectivity index (χ1) is 12.5. The van der Waals surface area contributed by atoms with E-state index in [1.54, 1.807) is 35.7 Å². The van der Waals surface area contributed by atoms with Crippen LogP contribution < -0.4 is 5.32 Å². The van der Waals surface area contributed by atoms with Crippen LogP contribution >= 0.6 is 11.3 Å². The lowest BCUT2D eigenvalue weighted by molar-refractivity contribution is -0.116. The van der Waals surface area contributed by atoms with E-state index in [0.29, 0.717) is 12.1 Å². The van der Waals surface area contributed by atoms with Gasteiger partial charge in [0.05, 0.1) is 10.6 Å². The monoisotopic (exact) mass is 383 g/mol. The first-order valence-corrected chi connectivity index (χ1v) is 10.6. The minimum atomic E-state index is -3.68. The molecule has 1 amide bonds. The zero-order chi connectivity index (χ0) is 18.3. The number of carbonyl (C=O) groups excluding carboxylic acids is 1. The molecule has 0 saturated heterocycles. The number of nitrogens with one attached hydrogen (secondary N) is 1. The predicted molar refractivity (Wildman–Crippen MR) is 102 cm³/mol. The number of rotatable bonds is 3. The van der Waals surface area contributed by atoms with E-state index in [1.807, 2.05) is 31.2 Å². The zero-order valence-corrected chi connectivity index (χ0v) is 15.7. The first kappa shape index (κ1) is 17.0. The number of thiophene rings is 1. The standard InChI is InChI=1S/C20H17NO3S2/c1-13-7-5-6-10-15(13)16-11-18(22)21-19-17(12-25-20(16)19)26(23,24)14-8-3-2-4-9-14/h2-10,12,16H,11H2,1H3,(H,21,22)/t16-/m0/s1. The van der Waals surface area contributed by atoms with Crippen LogP contribution in [0.2, 0.25) is 0 Å². The number of hydrogen-bond donors (Lipinski definition) is 1. The summed E-state index contributed by atoms with van der Waals surface area (Å²) >= 11 is 1.39. The van der Waals surface area contributed by atoms with Gasteiger partial charge < -0.3 is 5.32 Å². The van der Waals surface area contributed by atoms with Crippen molar-refractivity contribution in [2.24, 2.45) is 0 Å². The Morgan fingerprint density at radius 3 is 2.46 bits per heavy atom. The van der Waals surface area contributed by atoms with Crippen LogP contribution in [0.5, 0.6) is 0 Å². The average Bonchev–Trinajstić information content (AvgIpc) is 3.07. The van der Waals surface area contributed by atoms with Crippen molar-refractivity contribution in [2.45, 2.75) is 29.1 Å². The molecule has 4 rings (SSSR count). The first-order valence-electron chi connectivity index (χ1n) is 8.25. The number of aryl methyl sites for hydroxylation is 1. The van der Waals surface area contributed by atoms with Gasteiger partial charge in [-0.3, -0.25) is 4.79 Å².